The first-order chi connectivity index (χ1) is 8.49. The molecule has 1 amide bonds. The van der Waals surface area contributed by atoms with Crippen molar-refractivity contribution in [3.05, 3.63) is 0 Å². The zero-order valence-corrected chi connectivity index (χ0v) is 10.9. The summed E-state index contributed by atoms with van der Waals surface area (Å²) in [4.78, 5) is 34.5. The van der Waals surface area contributed by atoms with Crippen LogP contribution in [0.4, 0.5) is 0 Å². The Balaban J connectivity index is 2.57. The molecule has 0 saturated heterocycles. The minimum absolute atomic E-state index is 0.00517. The Hall–Kier alpha value is -1.59. The van der Waals surface area contributed by atoms with Gasteiger partial charge in [-0.3, -0.25) is 9.59 Å². The van der Waals surface area contributed by atoms with Crippen LogP contribution in [-0.2, 0) is 23.9 Å². The van der Waals surface area contributed by atoms with Crippen molar-refractivity contribution in [3.8, 4) is 0 Å². The molecule has 1 saturated carbocycles. The third-order valence-corrected chi connectivity index (χ3v) is 2.94. The van der Waals surface area contributed by atoms with Gasteiger partial charge in [0.2, 0.25) is 5.91 Å². The van der Waals surface area contributed by atoms with E-state index in [4.69, 9.17) is 0 Å². The van der Waals surface area contributed by atoms with Crippen LogP contribution in [-0.4, -0.2) is 38.1 Å². The van der Waals surface area contributed by atoms with Gasteiger partial charge in [0, 0.05) is 5.92 Å². The standard InChI is InChI=1S/C12H19NO5/c1-7(11(15)17-2)6-9(12(16)18-3)13-10(14)8-4-5-8/h7-9H,4-6H2,1-3H3,(H,13,14)/t7-,9+/m1/s1. The van der Waals surface area contributed by atoms with Gasteiger partial charge < -0.3 is 14.8 Å². The number of hydrogen-bond donors (Lipinski definition) is 1. The van der Waals surface area contributed by atoms with Crippen LogP contribution in [0.25, 0.3) is 0 Å². The Labute approximate surface area is 106 Å². The molecular weight excluding hydrogens is 238 g/mol. The second-order valence-corrected chi connectivity index (χ2v) is 4.52. The topological polar surface area (TPSA) is 81.7 Å². The first-order valence-electron chi connectivity index (χ1n) is 5.95. The largest absolute Gasteiger partial charge is 0.469 e. The summed E-state index contributed by atoms with van der Waals surface area (Å²) in [6.45, 7) is 1.64. The average Bonchev–Trinajstić information content (AvgIpc) is 3.19. The molecule has 0 aliphatic heterocycles. The molecular formula is C12H19NO5. The maximum absolute atomic E-state index is 11.6. The number of rotatable bonds is 6. The molecule has 0 aromatic carbocycles. The fraction of sp³-hybridized carbons (Fsp3) is 0.750. The Morgan fingerprint density at radius 2 is 1.72 bits per heavy atom. The molecule has 1 N–H and O–H groups in total. The lowest BCUT2D eigenvalue weighted by molar-refractivity contribution is -0.149. The summed E-state index contributed by atoms with van der Waals surface area (Å²) < 4.78 is 9.21. The van der Waals surface area contributed by atoms with Gasteiger partial charge in [-0.25, -0.2) is 4.79 Å². The molecule has 1 fully saturated rings. The molecule has 0 aromatic rings. The molecule has 6 nitrogen and oxygen atoms in total. The highest BCUT2D eigenvalue weighted by Crippen LogP contribution is 2.29. The zero-order valence-electron chi connectivity index (χ0n) is 10.9. The molecule has 102 valence electrons. The highest BCUT2D eigenvalue weighted by Gasteiger charge is 2.34. The van der Waals surface area contributed by atoms with E-state index in [9.17, 15) is 14.4 Å². The number of methoxy groups -OCH3 is 2. The van der Waals surface area contributed by atoms with Crippen molar-refractivity contribution in [2.24, 2.45) is 11.8 Å². The van der Waals surface area contributed by atoms with Gasteiger partial charge in [-0.15, -0.1) is 0 Å². The lowest BCUT2D eigenvalue weighted by atomic mass is 10.0. The van der Waals surface area contributed by atoms with Gasteiger partial charge in [0.25, 0.3) is 0 Å². The fourth-order valence-electron chi connectivity index (χ4n) is 1.64. The molecule has 2 atom stereocenters. The summed E-state index contributed by atoms with van der Waals surface area (Å²) >= 11 is 0. The number of carbonyl (C=O) groups excluding carboxylic acids is 3. The van der Waals surface area contributed by atoms with Gasteiger partial charge in [-0.1, -0.05) is 6.92 Å². The van der Waals surface area contributed by atoms with Gasteiger partial charge in [0.1, 0.15) is 6.04 Å². The highest BCUT2D eigenvalue weighted by atomic mass is 16.5. The minimum Gasteiger partial charge on any atom is -0.469 e. The Morgan fingerprint density at radius 1 is 1.17 bits per heavy atom. The Bertz CT molecular complexity index is 337. The summed E-state index contributed by atoms with van der Waals surface area (Å²) in [5.74, 6) is -1.57. The zero-order chi connectivity index (χ0) is 13.7. The van der Waals surface area contributed by atoms with Crippen molar-refractivity contribution in [1.82, 2.24) is 5.32 Å². The lowest BCUT2D eigenvalue weighted by Gasteiger charge is -2.19. The van der Waals surface area contributed by atoms with E-state index in [0.29, 0.717) is 0 Å². The molecule has 1 aliphatic carbocycles. The van der Waals surface area contributed by atoms with E-state index in [0.717, 1.165) is 12.8 Å². The molecule has 0 bridgehead atoms. The quantitative estimate of drug-likeness (QED) is 0.690. The van der Waals surface area contributed by atoms with Crippen molar-refractivity contribution >= 4 is 17.8 Å². The van der Waals surface area contributed by atoms with Gasteiger partial charge in [-0.2, -0.15) is 0 Å². The number of hydrogen-bond acceptors (Lipinski definition) is 5. The van der Waals surface area contributed by atoms with Crippen LogP contribution in [0.2, 0.25) is 0 Å². The van der Waals surface area contributed by atoms with Gasteiger partial charge in [0.05, 0.1) is 20.1 Å². The van der Waals surface area contributed by atoms with Crippen LogP contribution in [0.5, 0.6) is 0 Å². The summed E-state index contributed by atoms with van der Waals surface area (Å²) in [6.07, 6.45) is 1.89. The molecule has 0 aromatic heterocycles. The summed E-state index contributed by atoms with van der Waals surface area (Å²) in [5.41, 5.74) is 0. The van der Waals surface area contributed by atoms with E-state index in [-0.39, 0.29) is 18.2 Å². The van der Waals surface area contributed by atoms with Crippen molar-refractivity contribution in [1.29, 1.82) is 0 Å². The van der Waals surface area contributed by atoms with E-state index in [1.165, 1.54) is 14.2 Å². The van der Waals surface area contributed by atoms with Crippen LogP contribution in [0.1, 0.15) is 26.2 Å². The predicted molar refractivity (Wildman–Crippen MR) is 62.5 cm³/mol. The summed E-state index contributed by atoms with van der Waals surface area (Å²) in [7, 11) is 2.54. The summed E-state index contributed by atoms with van der Waals surface area (Å²) in [5, 5.41) is 2.62. The number of amides is 1. The third kappa shape index (κ3) is 4.01. The first kappa shape index (κ1) is 14.5. The molecule has 18 heavy (non-hydrogen) atoms. The fourth-order valence-corrected chi connectivity index (χ4v) is 1.64. The van der Waals surface area contributed by atoms with Gasteiger partial charge in [0.15, 0.2) is 0 Å². The monoisotopic (exact) mass is 257 g/mol. The highest BCUT2D eigenvalue weighted by molar-refractivity contribution is 5.87. The van der Waals surface area contributed by atoms with Crippen LogP contribution in [0.15, 0.2) is 0 Å². The van der Waals surface area contributed by atoms with E-state index in [1.807, 2.05) is 0 Å². The van der Waals surface area contributed by atoms with Gasteiger partial charge >= 0.3 is 11.9 Å². The van der Waals surface area contributed by atoms with Crippen molar-refractivity contribution in [2.45, 2.75) is 32.2 Å². The summed E-state index contributed by atoms with van der Waals surface area (Å²) in [6, 6.07) is -0.794. The van der Waals surface area contributed by atoms with Crippen LogP contribution in [0.3, 0.4) is 0 Å². The number of carbonyl (C=O) groups is 3. The first-order valence-corrected chi connectivity index (χ1v) is 5.95. The second kappa shape index (κ2) is 6.37. The molecule has 6 heteroatoms. The SMILES string of the molecule is COC(=O)[C@H](C)C[C@H](NC(=O)C1CC1)C(=O)OC. The smallest absolute Gasteiger partial charge is 0.328 e. The molecule has 1 aliphatic rings. The van der Waals surface area contributed by atoms with E-state index < -0.39 is 23.9 Å². The van der Waals surface area contributed by atoms with Crippen molar-refractivity contribution in [2.75, 3.05) is 14.2 Å². The van der Waals surface area contributed by atoms with Crippen LogP contribution >= 0.6 is 0 Å². The predicted octanol–water partition coefficient (Wildman–Crippen LogP) is 0.253. The minimum atomic E-state index is -0.794. The maximum Gasteiger partial charge on any atom is 0.328 e. The number of esters is 2. The van der Waals surface area contributed by atoms with Crippen molar-refractivity contribution in [3.63, 3.8) is 0 Å². The molecule has 0 unspecified atom stereocenters. The normalized spacial score (nSPS) is 17.5. The van der Waals surface area contributed by atoms with E-state index >= 15 is 0 Å². The maximum atomic E-state index is 11.6. The molecule has 0 heterocycles. The van der Waals surface area contributed by atoms with E-state index in [1.54, 1.807) is 6.92 Å². The van der Waals surface area contributed by atoms with Gasteiger partial charge in [-0.05, 0) is 19.3 Å². The molecule has 0 radical (unpaired) electrons. The van der Waals surface area contributed by atoms with Crippen LogP contribution < -0.4 is 5.32 Å². The van der Waals surface area contributed by atoms with E-state index in [2.05, 4.69) is 14.8 Å². The van der Waals surface area contributed by atoms with Crippen molar-refractivity contribution < 1.29 is 23.9 Å². The second-order valence-electron chi connectivity index (χ2n) is 4.52. The average molecular weight is 257 g/mol. The number of ether oxygens (including phenoxy) is 2. The Kier molecular flexibility index (Phi) is 5.12. The molecule has 0 spiro atoms. The number of nitrogens with one attached hydrogen (secondary N) is 1. The van der Waals surface area contributed by atoms with Crippen LogP contribution in [0, 0.1) is 11.8 Å². The lowest BCUT2D eigenvalue weighted by Crippen LogP contribution is -2.44. The Morgan fingerprint density at radius 3 is 2.17 bits per heavy atom. The third-order valence-electron chi connectivity index (χ3n) is 2.94. The molecule has 1 rings (SSSR count).